The minimum atomic E-state index is -0.588. The van der Waals surface area contributed by atoms with Crippen molar-refractivity contribution in [1.82, 2.24) is 15.1 Å². The van der Waals surface area contributed by atoms with Gasteiger partial charge in [-0.05, 0) is 87.6 Å². The highest BCUT2D eigenvalue weighted by Crippen LogP contribution is 2.34. The highest BCUT2D eigenvalue weighted by atomic mass is 32.1. The molecule has 40 heavy (non-hydrogen) atoms. The van der Waals surface area contributed by atoms with E-state index in [4.69, 9.17) is 4.74 Å². The number of piperidine rings is 1. The number of benzene rings is 1. The number of ketones is 1. The Morgan fingerprint density at radius 1 is 0.850 bits per heavy atom. The minimum absolute atomic E-state index is 0. The third kappa shape index (κ3) is 6.74. The van der Waals surface area contributed by atoms with Crippen molar-refractivity contribution in [3.8, 4) is 0 Å². The van der Waals surface area contributed by atoms with E-state index in [1.54, 1.807) is 4.90 Å². The summed E-state index contributed by atoms with van der Waals surface area (Å²) in [5, 5.41) is 3.12. The van der Waals surface area contributed by atoms with Crippen LogP contribution in [0.5, 0.6) is 0 Å². The third-order valence-electron chi connectivity index (χ3n) is 9.83. The molecule has 3 saturated heterocycles. The predicted octanol–water partition coefficient (Wildman–Crippen LogP) is 4.53. The summed E-state index contributed by atoms with van der Waals surface area (Å²) in [5.74, 6) is 0.348. The number of nitrogens with zero attached hydrogens (tertiary/aromatic N) is 2. The second kappa shape index (κ2) is 14.6. The summed E-state index contributed by atoms with van der Waals surface area (Å²) >= 11 is 0. The van der Waals surface area contributed by atoms with Gasteiger partial charge in [-0.2, -0.15) is 27.0 Å². The number of carbonyl (C=O) groups excluding carboxylic acids is 3. The van der Waals surface area contributed by atoms with E-state index in [1.165, 1.54) is 57.2 Å². The van der Waals surface area contributed by atoms with Crippen LogP contribution in [0.4, 0.5) is 0 Å². The maximum atomic E-state index is 13.8. The molecule has 6 rings (SSSR count). The quantitative estimate of drug-likeness (QED) is 0.526. The van der Waals surface area contributed by atoms with Crippen molar-refractivity contribution in [3.63, 3.8) is 0 Å². The monoisotopic (exact) mass is 591 g/mol. The van der Waals surface area contributed by atoms with E-state index in [-0.39, 0.29) is 70.6 Å². The Balaban J connectivity index is 0.00000147. The van der Waals surface area contributed by atoms with Gasteiger partial charge in [0, 0.05) is 18.2 Å². The average Bonchev–Trinajstić information content (AvgIpc) is 3.50. The number of nitrogens with one attached hydrogen (secondary N) is 1. The Morgan fingerprint density at radius 2 is 1.52 bits per heavy atom. The van der Waals surface area contributed by atoms with Crippen LogP contribution in [0.25, 0.3) is 0 Å². The molecule has 0 aromatic heterocycles. The van der Waals surface area contributed by atoms with Gasteiger partial charge < -0.3 is 19.9 Å². The van der Waals surface area contributed by atoms with Crippen molar-refractivity contribution in [2.45, 2.75) is 108 Å². The molecule has 7 nitrogen and oxygen atoms in total. The first-order valence-corrected chi connectivity index (χ1v) is 14.7. The molecule has 5 fully saturated rings. The SMILES string of the molecule is C.O=C(N[C@H](C(=O)N1CC[C@H]2OCC(=O)[C@H]21)C1CCCCC1)c1ccc(C2CCN(C3CCC3)CC2)cc1.S.S. The largest absolute Gasteiger partial charge is 0.368 e. The van der Waals surface area contributed by atoms with Crippen molar-refractivity contribution < 1.29 is 19.1 Å². The highest BCUT2D eigenvalue weighted by Gasteiger charge is 2.49. The number of hydrogen-bond donors (Lipinski definition) is 1. The van der Waals surface area contributed by atoms with Crippen LogP contribution in [-0.4, -0.2) is 77.9 Å². The zero-order chi connectivity index (χ0) is 25.4. The molecular formula is C31H49N3O4S2. The first kappa shape index (κ1) is 33.0. The van der Waals surface area contributed by atoms with Crippen LogP contribution < -0.4 is 5.32 Å². The van der Waals surface area contributed by atoms with Gasteiger partial charge in [0.25, 0.3) is 5.91 Å². The molecule has 9 heteroatoms. The summed E-state index contributed by atoms with van der Waals surface area (Å²) in [6.07, 6.45) is 12.2. The van der Waals surface area contributed by atoms with Gasteiger partial charge in [-0.3, -0.25) is 14.4 Å². The van der Waals surface area contributed by atoms with Crippen LogP contribution in [-0.2, 0) is 14.3 Å². The lowest BCUT2D eigenvalue weighted by molar-refractivity contribution is -0.139. The molecule has 0 spiro atoms. The van der Waals surface area contributed by atoms with Gasteiger partial charge in [0.1, 0.15) is 18.7 Å². The standard InChI is InChI=1S/C30H41N3O4.CH4.2H2S/c34-25-19-37-26-15-18-33(28(25)26)30(36)27(22-5-2-1-3-6-22)31-29(35)23-11-9-20(10-12-23)21-13-16-32(17-14-21)24-7-4-8-24;;;/h9-12,21-22,24,26-28H,1-8,13-19H2,(H,31,35);1H4;2*1H2/t26-,27+,28-;;;/m1.../s1. The normalized spacial score (nSPS) is 26.5. The maximum Gasteiger partial charge on any atom is 0.251 e. The number of fused-ring (bicyclic) bond motifs is 1. The lowest BCUT2D eigenvalue weighted by atomic mass is 9.83. The van der Waals surface area contributed by atoms with Crippen molar-refractivity contribution >= 4 is 44.6 Å². The zero-order valence-electron chi connectivity index (χ0n) is 22.9. The molecule has 1 N–H and O–H groups in total. The number of likely N-dealkylation sites (tertiary alicyclic amines) is 2. The third-order valence-corrected chi connectivity index (χ3v) is 9.83. The molecule has 1 aromatic carbocycles. The van der Waals surface area contributed by atoms with Crippen molar-refractivity contribution in [3.05, 3.63) is 35.4 Å². The lowest BCUT2D eigenvalue weighted by Crippen LogP contribution is -2.55. The average molecular weight is 592 g/mol. The fourth-order valence-electron chi connectivity index (χ4n) is 7.35. The van der Waals surface area contributed by atoms with Crippen LogP contribution in [0.3, 0.4) is 0 Å². The fraction of sp³-hybridized carbons (Fsp3) is 0.710. The number of Topliss-reactive ketones (excluding diaryl/α,β-unsaturated/α-hetero) is 1. The van der Waals surface area contributed by atoms with Crippen LogP contribution >= 0.6 is 27.0 Å². The van der Waals surface area contributed by atoms with E-state index in [0.717, 1.165) is 31.7 Å². The molecule has 2 saturated carbocycles. The molecule has 2 aliphatic carbocycles. The van der Waals surface area contributed by atoms with E-state index in [0.29, 0.717) is 24.4 Å². The summed E-state index contributed by atoms with van der Waals surface area (Å²) in [6, 6.07) is 7.81. The molecule has 5 aliphatic rings. The second-order valence-electron chi connectivity index (χ2n) is 11.9. The molecule has 3 heterocycles. The Kier molecular flexibility index (Phi) is 12.0. The number of amides is 2. The Morgan fingerprint density at radius 3 is 2.15 bits per heavy atom. The van der Waals surface area contributed by atoms with Gasteiger partial charge in [0.2, 0.25) is 5.91 Å². The van der Waals surface area contributed by atoms with Gasteiger partial charge in [-0.25, -0.2) is 0 Å². The van der Waals surface area contributed by atoms with Crippen molar-refractivity contribution in [1.29, 1.82) is 0 Å². The molecule has 2 amide bonds. The number of carbonyl (C=O) groups is 3. The van der Waals surface area contributed by atoms with Gasteiger partial charge in [-0.1, -0.05) is 45.2 Å². The summed E-state index contributed by atoms with van der Waals surface area (Å²) in [7, 11) is 0. The Hall–Kier alpha value is -1.55. The minimum Gasteiger partial charge on any atom is -0.368 e. The van der Waals surface area contributed by atoms with E-state index >= 15 is 0 Å². The van der Waals surface area contributed by atoms with Crippen LogP contribution in [0, 0.1) is 5.92 Å². The first-order chi connectivity index (χ1) is 18.1. The molecule has 3 aliphatic heterocycles. The van der Waals surface area contributed by atoms with Crippen molar-refractivity contribution in [2.24, 2.45) is 5.92 Å². The van der Waals surface area contributed by atoms with Gasteiger partial charge in [0.15, 0.2) is 5.78 Å². The van der Waals surface area contributed by atoms with Gasteiger partial charge in [-0.15, -0.1) is 0 Å². The van der Waals surface area contributed by atoms with Gasteiger partial charge in [0.05, 0.1) is 6.10 Å². The van der Waals surface area contributed by atoms with Crippen LogP contribution in [0.1, 0.15) is 99.9 Å². The smallest absolute Gasteiger partial charge is 0.251 e. The predicted molar refractivity (Wildman–Crippen MR) is 168 cm³/mol. The molecule has 1 aromatic rings. The van der Waals surface area contributed by atoms with E-state index in [1.807, 2.05) is 12.1 Å². The van der Waals surface area contributed by atoms with E-state index < -0.39 is 12.1 Å². The van der Waals surface area contributed by atoms with Gasteiger partial charge >= 0.3 is 0 Å². The zero-order valence-corrected chi connectivity index (χ0v) is 24.9. The number of rotatable bonds is 6. The fourth-order valence-corrected chi connectivity index (χ4v) is 7.35. The van der Waals surface area contributed by atoms with Crippen LogP contribution in [0.15, 0.2) is 24.3 Å². The van der Waals surface area contributed by atoms with E-state index in [9.17, 15) is 14.4 Å². The molecular weight excluding hydrogens is 542 g/mol. The molecule has 224 valence electrons. The number of hydrogen-bond acceptors (Lipinski definition) is 5. The summed E-state index contributed by atoms with van der Waals surface area (Å²) in [6.45, 7) is 2.96. The lowest BCUT2D eigenvalue weighted by Gasteiger charge is -2.42. The maximum absolute atomic E-state index is 13.8. The highest BCUT2D eigenvalue weighted by molar-refractivity contribution is 7.59. The Bertz CT molecular complexity index is 1000. The number of ether oxygens (including phenoxy) is 1. The molecule has 3 atom stereocenters. The van der Waals surface area contributed by atoms with E-state index in [2.05, 4.69) is 22.3 Å². The summed E-state index contributed by atoms with van der Waals surface area (Å²) in [5.41, 5.74) is 1.91. The second-order valence-corrected chi connectivity index (χ2v) is 11.9. The van der Waals surface area contributed by atoms with Crippen LogP contribution in [0.2, 0.25) is 0 Å². The molecule has 0 unspecified atom stereocenters. The Labute approximate surface area is 254 Å². The molecule has 0 radical (unpaired) electrons. The summed E-state index contributed by atoms with van der Waals surface area (Å²) < 4.78 is 5.60. The molecule has 0 bridgehead atoms. The summed E-state index contributed by atoms with van der Waals surface area (Å²) in [4.78, 5) is 43.9. The first-order valence-electron chi connectivity index (χ1n) is 14.7. The topological polar surface area (TPSA) is 79.0 Å². The van der Waals surface area contributed by atoms with Crippen molar-refractivity contribution in [2.75, 3.05) is 26.2 Å².